The van der Waals surface area contributed by atoms with Crippen LogP contribution in [0.5, 0.6) is 5.75 Å². The maximum absolute atomic E-state index is 12.7. The molecule has 1 unspecified atom stereocenters. The monoisotopic (exact) mass is 419 g/mol. The Hall–Kier alpha value is -1.05. The van der Waals surface area contributed by atoms with Crippen LogP contribution in [0.4, 0.5) is 0 Å². The summed E-state index contributed by atoms with van der Waals surface area (Å²) in [6, 6.07) is 8.31. The highest BCUT2D eigenvalue weighted by molar-refractivity contribution is 5.85. The van der Waals surface area contributed by atoms with E-state index in [1.165, 1.54) is 5.56 Å². The maximum Gasteiger partial charge on any atom is 0.242 e. The van der Waals surface area contributed by atoms with Crippen LogP contribution in [-0.4, -0.2) is 74.3 Å². The summed E-state index contributed by atoms with van der Waals surface area (Å²) in [6.45, 7) is 8.89. The number of hydrogen-bond donors (Lipinski definition) is 1. The first-order chi connectivity index (χ1) is 12.1. The Morgan fingerprint density at radius 3 is 2.59 bits per heavy atom. The molecule has 1 aromatic carbocycles. The molecule has 0 aliphatic carbocycles. The number of hydrogen-bond acceptors (Lipinski definition) is 5. The number of amides is 1. The molecule has 2 fully saturated rings. The van der Waals surface area contributed by atoms with Crippen molar-refractivity contribution in [2.24, 2.45) is 0 Å². The zero-order valence-electron chi connectivity index (χ0n) is 16.2. The van der Waals surface area contributed by atoms with Crippen LogP contribution in [0.1, 0.15) is 25.5 Å². The summed E-state index contributed by atoms with van der Waals surface area (Å²) in [5, 5.41) is 3.29. The van der Waals surface area contributed by atoms with Crippen molar-refractivity contribution < 1.29 is 14.3 Å². The lowest BCUT2D eigenvalue weighted by Gasteiger charge is -2.40. The summed E-state index contributed by atoms with van der Waals surface area (Å²) in [5.41, 5.74) is 1.25. The maximum atomic E-state index is 12.7. The Morgan fingerprint density at radius 2 is 1.96 bits per heavy atom. The largest absolute Gasteiger partial charge is 0.497 e. The number of halogens is 2. The van der Waals surface area contributed by atoms with E-state index >= 15 is 0 Å². The molecule has 3 rings (SSSR count). The topological polar surface area (TPSA) is 54.0 Å². The van der Waals surface area contributed by atoms with Crippen LogP contribution in [0.3, 0.4) is 0 Å². The van der Waals surface area contributed by atoms with Gasteiger partial charge in [-0.15, -0.1) is 24.8 Å². The standard InChI is InChI=1S/C19H29N3O3.2ClH/c1-14(16-5-4-6-17(13-16)24-3)21-8-10-22(11-9-21)19(23)18-15(2)25-12-7-20-18;;/h4-6,13-15,18,20H,7-12H2,1-3H3;2*1H/t14?,15-,18+;;/m1../s1. The zero-order chi connectivity index (χ0) is 17.8. The molecule has 0 bridgehead atoms. The molecule has 1 aromatic rings. The van der Waals surface area contributed by atoms with Gasteiger partial charge in [-0.05, 0) is 31.5 Å². The summed E-state index contributed by atoms with van der Waals surface area (Å²) in [5.74, 6) is 1.05. The van der Waals surface area contributed by atoms with E-state index in [1.54, 1.807) is 7.11 Å². The normalized spacial score (nSPS) is 24.3. The summed E-state index contributed by atoms with van der Waals surface area (Å²) in [4.78, 5) is 17.1. The Morgan fingerprint density at radius 1 is 1.26 bits per heavy atom. The van der Waals surface area contributed by atoms with Gasteiger partial charge in [-0.1, -0.05) is 12.1 Å². The smallest absolute Gasteiger partial charge is 0.242 e. The fraction of sp³-hybridized carbons (Fsp3) is 0.632. The first kappa shape index (κ1) is 24.0. The average Bonchev–Trinajstić information content (AvgIpc) is 2.67. The molecule has 0 radical (unpaired) electrons. The van der Waals surface area contributed by atoms with Gasteiger partial charge in [-0.25, -0.2) is 0 Å². The number of benzene rings is 1. The van der Waals surface area contributed by atoms with Gasteiger partial charge in [0.15, 0.2) is 0 Å². The quantitative estimate of drug-likeness (QED) is 0.809. The molecule has 2 heterocycles. The molecule has 1 N–H and O–H groups in total. The second-order valence-corrected chi connectivity index (χ2v) is 6.82. The highest BCUT2D eigenvalue weighted by Crippen LogP contribution is 2.25. The second kappa shape index (κ2) is 11.1. The number of ether oxygens (including phenoxy) is 2. The number of rotatable bonds is 4. The lowest BCUT2D eigenvalue weighted by molar-refractivity contribution is -0.141. The zero-order valence-corrected chi connectivity index (χ0v) is 17.9. The molecule has 6 nitrogen and oxygen atoms in total. The minimum Gasteiger partial charge on any atom is -0.497 e. The fourth-order valence-electron chi connectivity index (χ4n) is 3.65. The predicted octanol–water partition coefficient (Wildman–Crippen LogP) is 2.12. The van der Waals surface area contributed by atoms with Crippen LogP contribution in [-0.2, 0) is 9.53 Å². The fourth-order valence-corrected chi connectivity index (χ4v) is 3.65. The molecule has 2 aliphatic rings. The van der Waals surface area contributed by atoms with Crippen LogP contribution >= 0.6 is 24.8 Å². The molecule has 0 spiro atoms. The van der Waals surface area contributed by atoms with Crippen LogP contribution in [0.2, 0.25) is 0 Å². The van der Waals surface area contributed by atoms with E-state index in [1.807, 2.05) is 24.0 Å². The molecule has 2 aliphatic heterocycles. The Balaban J connectivity index is 0.00000182. The van der Waals surface area contributed by atoms with Crippen molar-refractivity contribution in [1.82, 2.24) is 15.1 Å². The molecular formula is C19H31Cl2N3O3. The van der Waals surface area contributed by atoms with Gasteiger partial charge in [0.2, 0.25) is 5.91 Å². The van der Waals surface area contributed by atoms with Crippen LogP contribution in [0, 0.1) is 0 Å². The van der Waals surface area contributed by atoms with Gasteiger partial charge in [0.1, 0.15) is 11.8 Å². The van der Waals surface area contributed by atoms with Crippen molar-refractivity contribution in [2.45, 2.75) is 32.0 Å². The highest BCUT2D eigenvalue weighted by Gasteiger charge is 2.33. The highest BCUT2D eigenvalue weighted by atomic mass is 35.5. The molecule has 2 saturated heterocycles. The summed E-state index contributed by atoms with van der Waals surface area (Å²) < 4.78 is 10.9. The predicted molar refractivity (Wildman–Crippen MR) is 111 cm³/mol. The number of nitrogens with zero attached hydrogens (tertiary/aromatic N) is 2. The third kappa shape index (κ3) is 5.72. The average molecular weight is 420 g/mol. The number of morpholine rings is 1. The number of methoxy groups -OCH3 is 1. The summed E-state index contributed by atoms with van der Waals surface area (Å²) in [6.07, 6.45) is -0.0602. The van der Waals surface area contributed by atoms with E-state index in [9.17, 15) is 4.79 Å². The summed E-state index contributed by atoms with van der Waals surface area (Å²) in [7, 11) is 1.69. The van der Waals surface area contributed by atoms with Gasteiger partial charge < -0.3 is 19.7 Å². The Bertz CT molecular complexity index is 597. The van der Waals surface area contributed by atoms with Gasteiger partial charge in [-0.3, -0.25) is 9.69 Å². The molecule has 0 saturated carbocycles. The Kier molecular flexibility index (Phi) is 9.84. The minimum atomic E-state index is -0.212. The minimum absolute atomic E-state index is 0. The van der Waals surface area contributed by atoms with E-state index in [0.717, 1.165) is 38.5 Å². The van der Waals surface area contributed by atoms with Crippen molar-refractivity contribution in [1.29, 1.82) is 0 Å². The van der Waals surface area contributed by atoms with Crippen molar-refractivity contribution >= 4 is 30.7 Å². The van der Waals surface area contributed by atoms with Crippen LogP contribution in [0.15, 0.2) is 24.3 Å². The molecular weight excluding hydrogens is 389 g/mol. The molecule has 8 heteroatoms. The van der Waals surface area contributed by atoms with Gasteiger partial charge in [0.05, 0.1) is 19.8 Å². The number of piperazine rings is 1. The van der Waals surface area contributed by atoms with E-state index in [2.05, 4.69) is 29.3 Å². The van der Waals surface area contributed by atoms with Crippen molar-refractivity contribution in [3.05, 3.63) is 29.8 Å². The van der Waals surface area contributed by atoms with Crippen molar-refractivity contribution in [3.63, 3.8) is 0 Å². The molecule has 27 heavy (non-hydrogen) atoms. The lowest BCUT2D eigenvalue weighted by atomic mass is 10.0. The van der Waals surface area contributed by atoms with Crippen LogP contribution in [0.25, 0.3) is 0 Å². The SMILES string of the molecule is COc1cccc(C(C)N2CCN(C(=O)[C@H]3NCCO[C@@H]3C)CC2)c1.Cl.Cl. The van der Waals surface area contributed by atoms with Gasteiger partial charge >= 0.3 is 0 Å². The molecule has 3 atom stereocenters. The van der Waals surface area contributed by atoms with E-state index < -0.39 is 0 Å². The third-order valence-electron chi connectivity index (χ3n) is 5.33. The van der Waals surface area contributed by atoms with E-state index in [0.29, 0.717) is 12.6 Å². The van der Waals surface area contributed by atoms with Crippen LogP contribution < -0.4 is 10.1 Å². The third-order valence-corrected chi connectivity index (χ3v) is 5.33. The number of nitrogens with one attached hydrogen (secondary N) is 1. The first-order valence-corrected chi connectivity index (χ1v) is 9.12. The lowest BCUT2D eigenvalue weighted by Crippen LogP contribution is -2.59. The van der Waals surface area contributed by atoms with E-state index in [4.69, 9.17) is 9.47 Å². The van der Waals surface area contributed by atoms with Gasteiger partial charge in [0.25, 0.3) is 0 Å². The molecule has 154 valence electrons. The van der Waals surface area contributed by atoms with Gasteiger partial charge in [0, 0.05) is 38.8 Å². The number of carbonyl (C=O) groups is 1. The molecule has 0 aromatic heterocycles. The van der Waals surface area contributed by atoms with Crippen molar-refractivity contribution in [2.75, 3.05) is 46.4 Å². The van der Waals surface area contributed by atoms with E-state index in [-0.39, 0.29) is 42.9 Å². The summed E-state index contributed by atoms with van der Waals surface area (Å²) >= 11 is 0. The second-order valence-electron chi connectivity index (χ2n) is 6.82. The van der Waals surface area contributed by atoms with Gasteiger partial charge in [-0.2, -0.15) is 0 Å². The Labute approximate surface area is 174 Å². The van der Waals surface area contributed by atoms with Crippen molar-refractivity contribution in [3.8, 4) is 5.75 Å². The number of carbonyl (C=O) groups excluding carboxylic acids is 1. The first-order valence-electron chi connectivity index (χ1n) is 9.12. The molecule has 1 amide bonds.